The van der Waals surface area contributed by atoms with Crippen molar-refractivity contribution in [1.29, 1.82) is 0 Å². The zero-order valence-corrected chi connectivity index (χ0v) is 19.0. The minimum absolute atomic E-state index is 0.0180. The second-order valence-corrected chi connectivity index (χ2v) is 8.95. The Hall–Kier alpha value is -3.53. The van der Waals surface area contributed by atoms with Crippen LogP contribution in [0.2, 0.25) is 0 Å². The molecule has 1 aliphatic heterocycles. The van der Waals surface area contributed by atoms with Crippen molar-refractivity contribution in [3.63, 3.8) is 0 Å². The van der Waals surface area contributed by atoms with Crippen LogP contribution in [0.3, 0.4) is 0 Å². The minimum Gasteiger partial charge on any atom is -0.453 e. The molecule has 1 fully saturated rings. The van der Waals surface area contributed by atoms with Gasteiger partial charge in [-0.1, -0.05) is 98.8 Å². The Labute approximate surface area is 194 Å². The standard InChI is InChI=1S/C29H28O4/c1-20(2)23-15-9-10-16-24(23)27(31)26-25(30)19-29(33-28(26)32,22-13-7-4-8-14-22)18-17-21-11-5-3-6-12-21/h3-16,20,26H,17-19H2,1-2H3. The molecule has 0 radical (unpaired) electrons. The highest BCUT2D eigenvalue weighted by Gasteiger charge is 2.50. The number of benzene rings is 3. The quantitative estimate of drug-likeness (QED) is 0.270. The summed E-state index contributed by atoms with van der Waals surface area (Å²) in [6.07, 6.45) is 1.09. The molecule has 0 spiro atoms. The number of rotatable bonds is 7. The van der Waals surface area contributed by atoms with E-state index in [-0.39, 0.29) is 18.1 Å². The van der Waals surface area contributed by atoms with E-state index in [2.05, 4.69) is 0 Å². The molecule has 4 nitrogen and oxygen atoms in total. The largest absolute Gasteiger partial charge is 0.453 e. The molecule has 33 heavy (non-hydrogen) atoms. The van der Waals surface area contributed by atoms with Crippen LogP contribution in [0.25, 0.3) is 0 Å². The molecule has 0 N–H and O–H groups in total. The molecule has 0 saturated carbocycles. The van der Waals surface area contributed by atoms with Gasteiger partial charge >= 0.3 is 5.97 Å². The van der Waals surface area contributed by atoms with Crippen LogP contribution >= 0.6 is 0 Å². The van der Waals surface area contributed by atoms with E-state index in [1.807, 2.05) is 86.6 Å². The van der Waals surface area contributed by atoms with Crippen molar-refractivity contribution in [3.8, 4) is 0 Å². The molecule has 2 atom stereocenters. The van der Waals surface area contributed by atoms with E-state index in [9.17, 15) is 14.4 Å². The molecule has 4 rings (SSSR count). The van der Waals surface area contributed by atoms with Crippen molar-refractivity contribution in [3.05, 3.63) is 107 Å². The number of hydrogen-bond acceptors (Lipinski definition) is 4. The Balaban J connectivity index is 1.65. The van der Waals surface area contributed by atoms with Crippen LogP contribution in [0.5, 0.6) is 0 Å². The van der Waals surface area contributed by atoms with Crippen LogP contribution in [-0.2, 0) is 26.3 Å². The topological polar surface area (TPSA) is 60.4 Å². The highest BCUT2D eigenvalue weighted by Crippen LogP contribution is 2.41. The molecule has 4 heteroatoms. The van der Waals surface area contributed by atoms with Crippen molar-refractivity contribution >= 4 is 17.5 Å². The number of esters is 1. The Bertz CT molecular complexity index is 1130. The number of aryl methyl sites for hydroxylation is 1. The molecule has 0 aromatic heterocycles. The zero-order chi connectivity index (χ0) is 23.4. The van der Waals surface area contributed by atoms with E-state index < -0.39 is 23.3 Å². The van der Waals surface area contributed by atoms with Gasteiger partial charge in [0.1, 0.15) is 5.60 Å². The van der Waals surface area contributed by atoms with E-state index in [0.29, 0.717) is 18.4 Å². The number of cyclic esters (lactones) is 1. The first kappa shape index (κ1) is 22.7. The second-order valence-electron chi connectivity index (χ2n) is 8.95. The van der Waals surface area contributed by atoms with E-state index in [4.69, 9.17) is 4.74 Å². The Morgan fingerprint density at radius 3 is 2.15 bits per heavy atom. The van der Waals surface area contributed by atoms with Gasteiger partial charge < -0.3 is 4.74 Å². The van der Waals surface area contributed by atoms with Gasteiger partial charge in [-0.25, -0.2) is 0 Å². The average Bonchev–Trinajstić information content (AvgIpc) is 2.83. The summed E-state index contributed by atoms with van der Waals surface area (Å²) in [5, 5.41) is 0. The third-order valence-electron chi connectivity index (χ3n) is 6.38. The molecule has 2 unspecified atom stereocenters. The molecule has 3 aromatic carbocycles. The maximum atomic E-state index is 13.4. The predicted molar refractivity (Wildman–Crippen MR) is 127 cm³/mol. The van der Waals surface area contributed by atoms with Crippen LogP contribution in [-0.4, -0.2) is 17.5 Å². The van der Waals surface area contributed by atoms with E-state index in [0.717, 1.165) is 16.7 Å². The number of Topliss-reactive ketones (excluding diaryl/α,β-unsaturated/α-hetero) is 2. The third-order valence-corrected chi connectivity index (χ3v) is 6.38. The summed E-state index contributed by atoms with van der Waals surface area (Å²) in [5.74, 6) is -2.94. The summed E-state index contributed by atoms with van der Waals surface area (Å²) >= 11 is 0. The van der Waals surface area contributed by atoms with Gasteiger partial charge in [0.15, 0.2) is 17.5 Å². The second kappa shape index (κ2) is 9.53. The SMILES string of the molecule is CC(C)c1ccccc1C(=O)C1C(=O)CC(CCc2ccccc2)(c2ccccc2)OC1=O. The van der Waals surface area contributed by atoms with E-state index in [1.165, 1.54) is 0 Å². The lowest BCUT2D eigenvalue weighted by atomic mass is 9.76. The molecule has 3 aromatic rings. The van der Waals surface area contributed by atoms with Crippen LogP contribution in [0.4, 0.5) is 0 Å². The first-order valence-electron chi connectivity index (χ1n) is 11.4. The van der Waals surface area contributed by atoms with Crippen molar-refractivity contribution < 1.29 is 19.1 Å². The highest BCUT2D eigenvalue weighted by molar-refractivity contribution is 6.24. The fourth-order valence-electron chi connectivity index (χ4n) is 4.61. The summed E-state index contributed by atoms with van der Waals surface area (Å²) in [6, 6.07) is 26.4. The maximum absolute atomic E-state index is 13.4. The maximum Gasteiger partial charge on any atom is 0.325 e. The Morgan fingerprint density at radius 2 is 1.52 bits per heavy atom. The normalized spacial score (nSPS) is 20.5. The van der Waals surface area contributed by atoms with Gasteiger partial charge in [0.2, 0.25) is 0 Å². The Kier molecular flexibility index (Phi) is 6.55. The molecule has 1 heterocycles. The summed E-state index contributed by atoms with van der Waals surface area (Å²) in [6.45, 7) is 3.97. The molecular weight excluding hydrogens is 412 g/mol. The number of ether oxygens (including phenoxy) is 1. The molecule has 0 bridgehead atoms. The van der Waals surface area contributed by atoms with Crippen LogP contribution in [0.1, 0.15) is 59.7 Å². The molecule has 1 aliphatic rings. The smallest absolute Gasteiger partial charge is 0.325 e. The van der Waals surface area contributed by atoms with Crippen LogP contribution in [0.15, 0.2) is 84.9 Å². The van der Waals surface area contributed by atoms with Crippen molar-refractivity contribution in [2.45, 2.75) is 44.6 Å². The van der Waals surface area contributed by atoms with Gasteiger partial charge in [-0.05, 0) is 35.4 Å². The van der Waals surface area contributed by atoms with Gasteiger partial charge in [-0.2, -0.15) is 0 Å². The monoisotopic (exact) mass is 440 g/mol. The highest BCUT2D eigenvalue weighted by atomic mass is 16.6. The average molecular weight is 441 g/mol. The van der Waals surface area contributed by atoms with E-state index >= 15 is 0 Å². The van der Waals surface area contributed by atoms with Crippen LogP contribution in [0, 0.1) is 5.92 Å². The third kappa shape index (κ3) is 4.65. The van der Waals surface area contributed by atoms with Gasteiger partial charge in [0.05, 0.1) is 6.42 Å². The van der Waals surface area contributed by atoms with Crippen molar-refractivity contribution in [2.75, 3.05) is 0 Å². The summed E-state index contributed by atoms with van der Waals surface area (Å²) < 4.78 is 6.03. The fourth-order valence-corrected chi connectivity index (χ4v) is 4.61. The van der Waals surface area contributed by atoms with Crippen molar-refractivity contribution in [2.24, 2.45) is 5.92 Å². The molecular formula is C29H28O4. The van der Waals surface area contributed by atoms with Gasteiger partial charge in [0.25, 0.3) is 0 Å². The Morgan fingerprint density at radius 1 is 0.909 bits per heavy atom. The lowest BCUT2D eigenvalue weighted by molar-refractivity contribution is -0.177. The lowest BCUT2D eigenvalue weighted by Crippen LogP contribution is -2.48. The lowest BCUT2D eigenvalue weighted by Gasteiger charge is -2.39. The minimum atomic E-state index is -1.42. The fraction of sp³-hybridized carbons (Fsp3) is 0.276. The first-order chi connectivity index (χ1) is 15.9. The van der Waals surface area contributed by atoms with Gasteiger partial charge in [0, 0.05) is 5.56 Å². The molecule has 1 saturated heterocycles. The number of carbonyl (C=O) groups excluding carboxylic acids is 3. The zero-order valence-electron chi connectivity index (χ0n) is 19.0. The number of ketones is 2. The molecule has 0 amide bonds. The summed E-state index contributed by atoms with van der Waals surface area (Å²) in [7, 11) is 0. The number of hydrogen-bond donors (Lipinski definition) is 0. The first-order valence-corrected chi connectivity index (χ1v) is 11.4. The van der Waals surface area contributed by atoms with Crippen LogP contribution < -0.4 is 0 Å². The number of carbonyl (C=O) groups is 3. The van der Waals surface area contributed by atoms with Gasteiger partial charge in [-0.15, -0.1) is 0 Å². The molecule has 0 aliphatic carbocycles. The summed E-state index contributed by atoms with van der Waals surface area (Å²) in [5.41, 5.74) is 2.03. The van der Waals surface area contributed by atoms with Crippen molar-refractivity contribution in [1.82, 2.24) is 0 Å². The van der Waals surface area contributed by atoms with E-state index in [1.54, 1.807) is 12.1 Å². The predicted octanol–water partition coefficient (Wildman–Crippen LogP) is 5.65. The van der Waals surface area contributed by atoms with Gasteiger partial charge in [-0.3, -0.25) is 14.4 Å². The summed E-state index contributed by atoms with van der Waals surface area (Å²) in [4.78, 5) is 40.0. The molecule has 168 valence electrons.